The molecule has 0 unspecified atom stereocenters. The summed E-state index contributed by atoms with van der Waals surface area (Å²) in [6, 6.07) is 0. The first kappa shape index (κ1) is 16.3. The SMILES string of the molecule is C=C/C(O)=C\C=C(/C=C)C1(/C(C=C)=C/C)CCCCC1. The van der Waals surface area contributed by atoms with Gasteiger partial charge in [0.2, 0.25) is 0 Å². The first-order chi connectivity index (χ1) is 9.64. The highest BCUT2D eigenvalue weighted by molar-refractivity contribution is 5.42. The second-order valence-corrected chi connectivity index (χ2v) is 5.21. The molecule has 1 nitrogen and oxygen atoms in total. The minimum Gasteiger partial charge on any atom is -0.508 e. The van der Waals surface area contributed by atoms with Gasteiger partial charge in [-0.2, -0.15) is 0 Å². The van der Waals surface area contributed by atoms with Crippen LogP contribution in [0.4, 0.5) is 0 Å². The highest BCUT2D eigenvalue weighted by Gasteiger charge is 2.36. The van der Waals surface area contributed by atoms with Crippen LogP contribution in [0.25, 0.3) is 0 Å². The van der Waals surface area contributed by atoms with Crippen LogP contribution in [0, 0.1) is 5.41 Å². The molecule has 1 aliphatic rings. The average Bonchev–Trinajstić information content (AvgIpc) is 2.49. The molecule has 1 heteroatoms. The Morgan fingerprint density at radius 2 is 1.50 bits per heavy atom. The zero-order valence-corrected chi connectivity index (χ0v) is 12.6. The molecule has 0 heterocycles. The summed E-state index contributed by atoms with van der Waals surface area (Å²) in [6.45, 7) is 13.6. The highest BCUT2D eigenvalue weighted by Crippen LogP contribution is 2.49. The lowest BCUT2D eigenvalue weighted by molar-refractivity contribution is 0.300. The second-order valence-electron chi connectivity index (χ2n) is 5.21. The third-order valence-corrected chi connectivity index (χ3v) is 4.21. The molecule has 0 bridgehead atoms. The topological polar surface area (TPSA) is 20.2 Å². The molecule has 0 aromatic carbocycles. The van der Waals surface area contributed by atoms with Gasteiger partial charge in [-0.25, -0.2) is 0 Å². The van der Waals surface area contributed by atoms with Crippen molar-refractivity contribution < 1.29 is 5.11 Å². The predicted octanol–water partition coefficient (Wildman–Crippen LogP) is 5.81. The van der Waals surface area contributed by atoms with Crippen LogP contribution in [-0.2, 0) is 0 Å². The van der Waals surface area contributed by atoms with Crippen molar-refractivity contribution in [1.29, 1.82) is 0 Å². The maximum Gasteiger partial charge on any atom is 0.114 e. The molecule has 1 N–H and O–H groups in total. The first-order valence-electron chi connectivity index (χ1n) is 7.30. The monoisotopic (exact) mass is 270 g/mol. The second kappa shape index (κ2) is 7.74. The molecular formula is C19H26O. The molecule has 1 aliphatic carbocycles. The van der Waals surface area contributed by atoms with E-state index in [1.807, 2.05) is 18.2 Å². The molecule has 0 saturated heterocycles. The van der Waals surface area contributed by atoms with Crippen LogP contribution in [0.3, 0.4) is 0 Å². The number of rotatable bonds is 6. The average molecular weight is 270 g/mol. The molecule has 0 radical (unpaired) electrons. The molecule has 0 aliphatic heterocycles. The molecule has 1 fully saturated rings. The van der Waals surface area contributed by atoms with E-state index in [0.717, 1.165) is 18.4 Å². The molecule has 0 amide bonds. The van der Waals surface area contributed by atoms with Crippen molar-refractivity contribution in [2.24, 2.45) is 5.41 Å². The van der Waals surface area contributed by atoms with Crippen molar-refractivity contribution in [3.05, 3.63) is 73.1 Å². The van der Waals surface area contributed by atoms with Crippen LogP contribution in [0.2, 0.25) is 0 Å². The van der Waals surface area contributed by atoms with E-state index in [4.69, 9.17) is 0 Å². The molecule has 0 atom stereocenters. The quantitative estimate of drug-likeness (QED) is 0.477. The minimum absolute atomic E-state index is 0.00551. The van der Waals surface area contributed by atoms with E-state index in [2.05, 4.69) is 32.7 Å². The Bertz CT molecular complexity index is 454. The Balaban J connectivity index is 3.30. The molecule has 1 rings (SSSR count). The van der Waals surface area contributed by atoms with Gasteiger partial charge in [-0.1, -0.05) is 63.3 Å². The maximum absolute atomic E-state index is 9.57. The Hall–Kier alpha value is -1.76. The zero-order valence-electron chi connectivity index (χ0n) is 12.6. The van der Waals surface area contributed by atoms with Gasteiger partial charge in [0.1, 0.15) is 5.76 Å². The van der Waals surface area contributed by atoms with E-state index < -0.39 is 0 Å². The summed E-state index contributed by atoms with van der Waals surface area (Å²) in [5, 5.41) is 9.57. The van der Waals surface area contributed by atoms with Gasteiger partial charge >= 0.3 is 0 Å². The molecule has 0 spiro atoms. The summed E-state index contributed by atoms with van der Waals surface area (Å²) >= 11 is 0. The summed E-state index contributed by atoms with van der Waals surface area (Å²) in [6.07, 6.45) is 17.0. The maximum atomic E-state index is 9.57. The number of hydrogen-bond donors (Lipinski definition) is 1. The van der Waals surface area contributed by atoms with E-state index in [0.29, 0.717) is 0 Å². The molecular weight excluding hydrogens is 244 g/mol. The summed E-state index contributed by atoms with van der Waals surface area (Å²) < 4.78 is 0. The van der Waals surface area contributed by atoms with Gasteiger partial charge in [-0.15, -0.1) is 0 Å². The van der Waals surface area contributed by atoms with Gasteiger partial charge in [-0.3, -0.25) is 0 Å². The summed E-state index contributed by atoms with van der Waals surface area (Å²) in [5.41, 5.74) is 2.41. The van der Waals surface area contributed by atoms with E-state index in [1.54, 1.807) is 6.08 Å². The zero-order chi connectivity index (χ0) is 15.0. The van der Waals surface area contributed by atoms with E-state index in [1.165, 1.54) is 30.9 Å². The van der Waals surface area contributed by atoms with Gasteiger partial charge in [0.25, 0.3) is 0 Å². The molecule has 0 aromatic rings. The number of aliphatic hydroxyl groups excluding tert-OH is 1. The fraction of sp³-hybridized carbons (Fsp3) is 0.368. The lowest BCUT2D eigenvalue weighted by Crippen LogP contribution is -2.27. The van der Waals surface area contributed by atoms with Crippen molar-refractivity contribution in [1.82, 2.24) is 0 Å². The van der Waals surface area contributed by atoms with Crippen LogP contribution in [0.1, 0.15) is 39.0 Å². The highest BCUT2D eigenvalue weighted by atomic mass is 16.3. The summed E-state index contributed by atoms with van der Waals surface area (Å²) in [5.74, 6) is 0.177. The van der Waals surface area contributed by atoms with Gasteiger partial charge in [0.15, 0.2) is 0 Å². The third-order valence-electron chi connectivity index (χ3n) is 4.21. The van der Waals surface area contributed by atoms with Crippen molar-refractivity contribution in [3.8, 4) is 0 Å². The van der Waals surface area contributed by atoms with Crippen LogP contribution in [0.15, 0.2) is 73.1 Å². The van der Waals surface area contributed by atoms with Gasteiger partial charge in [0, 0.05) is 5.41 Å². The Labute approximate surface area is 123 Å². The fourth-order valence-corrected chi connectivity index (χ4v) is 3.15. The molecule has 20 heavy (non-hydrogen) atoms. The first-order valence-corrected chi connectivity index (χ1v) is 7.30. The number of hydrogen-bond acceptors (Lipinski definition) is 1. The van der Waals surface area contributed by atoms with E-state index in [-0.39, 0.29) is 11.2 Å². The van der Waals surface area contributed by atoms with Crippen LogP contribution in [0.5, 0.6) is 0 Å². The van der Waals surface area contributed by atoms with Crippen molar-refractivity contribution in [2.75, 3.05) is 0 Å². The lowest BCUT2D eigenvalue weighted by Gasteiger charge is -2.40. The normalized spacial score (nSPS) is 20.4. The van der Waals surface area contributed by atoms with Crippen LogP contribution in [-0.4, -0.2) is 5.11 Å². The van der Waals surface area contributed by atoms with Gasteiger partial charge in [0.05, 0.1) is 0 Å². The smallest absolute Gasteiger partial charge is 0.114 e. The van der Waals surface area contributed by atoms with Gasteiger partial charge < -0.3 is 5.11 Å². The largest absolute Gasteiger partial charge is 0.508 e. The molecule has 1 saturated carbocycles. The Morgan fingerprint density at radius 3 is 1.95 bits per heavy atom. The summed E-state index contributed by atoms with van der Waals surface area (Å²) in [4.78, 5) is 0. The minimum atomic E-state index is -0.00551. The fourth-order valence-electron chi connectivity index (χ4n) is 3.15. The number of allylic oxidation sites excluding steroid dienone is 8. The van der Waals surface area contributed by atoms with Crippen molar-refractivity contribution >= 4 is 0 Å². The standard InChI is InChI=1S/C19H26O/c1-5-16(6-2)19(14-10-9-11-15-19)17(7-3)12-13-18(20)8-4/h5-8,12-13,20H,1,3-4,9-11,14-15H2,2H3/b16-6+,17-12+,18-13+. The number of aliphatic hydroxyl groups is 1. The van der Waals surface area contributed by atoms with E-state index >= 15 is 0 Å². The van der Waals surface area contributed by atoms with Crippen LogP contribution < -0.4 is 0 Å². The third kappa shape index (κ3) is 3.41. The van der Waals surface area contributed by atoms with Crippen molar-refractivity contribution in [3.63, 3.8) is 0 Å². The molecule has 108 valence electrons. The Morgan fingerprint density at radius 1 is 0.900 bits per heavy atom. The Kier molecular flexibility index (Phi) is 6.30. The molecule has 0 aromatic heterocycles. The van der Waals surface area contributed by atoms with Crippen molar-refractivity contribution in [2.45, 2.75) is 39.0 Å². The predicted molar refractivity (Wildman–Crippen MR) is 88.7 cm³/mol. The van der Waals surface area contributed by atoms with Gasteiger partial charge in [-0.05, 0) is 43.1 Å². The lowest BCUT2D eigenvalue weighted by atomic mass is 9.64. The summed E-state index contributed by atoms with van der Waals surface area (Å²) in [7, 11) is 0. The van der Waals surface area contributed by atoms with E-state index in [9.17, 15) is 5.11 Å². The van der Waals surface area contributed by atoms with Crippen LogP contribution >= 0.6 is 0 Å².